The van der Waals surface area contributed by atoms with E-state index in [1.807, 2.05) is 0 Å². The maximum Gasteiger partial charge on any atom is 0.420 e. The number of benzene rings is 2. The molecule has 0 saturated heterocycles. The predicted octanol–water partition coefficient (Wildman–Crippen LogP) is 5.53. The van der Waals surface area contributed by atoms with E-state index < -0.39 is 11.7 Å². The normalized spacial score (nSPS) is 11.2. The fraction of sp³-hybridized carbons (Fsp3) is 0.143. The monoisotopic (exact) mass is 359 g/mol. The highest BCUT2D eigenvalue weighted by Gasteiger charge is 2.34. The van der Waals surface area contributed by atoms with Crippen LogP contribution in [0.25, 0.3) is 0 Å². The minimum Gasteiger partial charge on any atom is -0.457 e. The fourth-order valence-corrected chi connectivity index (χ4v) is 2.04. The molecule has 0 heterocycles. The van der Waals surface area contributed by atoms with Gasteiger partial charge in [-0.3, -0.25) is 0 Å². The number of hydrogen-bond acceptors (Lipinski definition) is 3. The number of nitroso groups, excluding NO2 is 1. The third-order valence-corrected chi connectivity index (χ3v) is 3.14. The molecule has 0 atom stereocenters. The summed E-state index contributed by atoms with van der Waals surface area (Å²) in [7, 11) is 0. The first-order chi connectivity index (χ1) is 9.90. The van der Waals surface area contributed by atoms with E-state index in [0.29, 0.717) is 10.0 Å². The molecule has 0 aliphatic rings. The molecule has 0 aromatic heterocycles. The van der Waals surface area contributed by atoms with Gasteiger partial charge in [0.25, 0.3) is 0 Å². The molecule has 0 unspecified atom stereocenters. The summed E-state index contributed by atoms with van der Waals surface area (Å²) in [5.41, 5.74) is -0.209. The smallest absolute Gasteiger partial charge is 0.420 e. The average Bonchev–Trinajstić information content (AvgIpc) is 2.42. The van der Waals surface area contributed by atoms with E-state index in [1.165, 1.54) is 24.3 Å². The van der Waals surface area contributed by atoms with Gasteiger partial charge in [-0.05, 0) is 35.9 Å². The number of nitrogens with zero attached hydrogens (tertiary/aromatic N) is 1. The van der Waals surface area contributed by atoms with Crippen molar-refractivity contribution >= 4 is 15.9 Å². The maximum absolute atomic E-state index is 12.9. The Balaban J connectivity index is 2.29. The van der Waals surface area contributed by atoms with Crippen LogP contribution in [0.3, 0.4) is 0 Å². The molecule has 0 spiro atoms. The molecule has 0 N–H and O–H groups in total. The molecule has 110 valence electrons. The van der Waals surface area contributed by atoms with E-state index in [9.17, 15) is 18.1 Å². The van der Waals surface area contributed by atoms with Gasteiger partial charge >= 0.3 is 6.18 Å². The summed E-state index contributed by atoms with van der Waals surface area (Å²) >= 11 is 3.01. The second kappa shape index (κ2) is 6.26. The van der Waals surface area contributed by atoms with Gasteiger partial charge in [-0.2, -0.15) is 18.1 Å². The highest BCUT2D eigenvalue weighted by Crippen LogP contribution is 2.39. The van der Waals surface area contributed by atoms with Gasteiger partial charge in [-0.15, -0.1) is 0 Å². The molecular weight excluding hydrogens is 351 g/mol. The van der Waals surface area contributed by atoms with Gasteiger partial charge in [-0.1, -0.05) is 33.2 Å². The van der Waals surface area contributed by atoms with Crippen LogP contribution >= 0.6 is 15.9 Å². The van der Waals surface area contributed by atoms with Gasteiger partial charge in [0.05, 0.1) is 5.56 Å². The van der Waals surface area contributed by atoms with Crippen LogP contribution in [0.5, 0.6) is 11.5 Å². The van der Waals surface area contributed by atoms with Gasteiger partial charge < -0.3 is 4.74 Å². The average molecular weight is 360 g/mol. The number of hydrogen-bond donors (Lipinski definition) is 0. The van der Waals surface area contributed by atoms with Crippen molar-refractivity contribution in [1.29, 1.82) is 0 Å². The van der Waals surface area contributed by atoms with Gasteiger partial charge in [0.1, 0.15) is 18.0 Å². The summed E-state index contributed by atoms with van der Waals surface area (Å²) < 4.78 is 44.4. The van der Waals surface area contributed by atoms with Crippen molar-refractivity contribution in [2.75, 3.05) is 0 Å². The Bertz CT molecular complexity index is 642. The number of alkyl halides is 3. The zero-order valence-corrected chi connectivity index (χ0v) is 12.1. The van der Waals surface area contributed by atoms with Crippen molar-refractivity contribution in [1.82, 2.24) is 0 Å². The zero-order valence-electron chi connectivity index (χ0n) is 10.5. The molecular formula is C14H9BrF3NO2. The Morgan fingerprint density at radius 3 is 2.33 bits per heavy atom. The SMILES string of the molecule is O=NCc1ccc(Oc2ccc(Br)cc2C(F)(F)F)cc1. The molecule has 2 rings (SSSR count). The van der Waals surface area contributed by atoms with E-state index in [0.717, 1.165) is 6.07 Å². The Morgan fingerprint density at radius 2 is 1.76 bits per heavy atom. The molecule has 0 aliphatic heterocycles. The molecule has 3 nitrogen and oxygen atoms in total. The van der Waals surface area contributed by atoms with Gasteiger partial charge in [0.2, 0.25) is 0 Å². The fourth-order valence-electron chi connectivity index (χ4n) is 1.68. The third-order valence-electron chi connectivity index (χ3n) is 2.65. The molecule has 21 heavy (non-hydrogen) atoms. The summed E-state index contributed by atoms with van der Waals surface area (Å²) in [5.74, 6) is -0.0376. The lowest BCUT2D eigenvalue weighted by molar-refractivity contribution is -0.138. The van der Waals surface area contributed by atoms with Crippen molar-refractivity contribution < 1.29 is 17.9 Å². The highest BCUT2D eigenvalue weighted by atomic mass is 79.9. The van der Waals surface area contributed by atoms with Crippen LogP contribution in [0.4, 0.5) is 13.2 Å². The summed E-state index contributed by atoms with van der Waals surface area (Å²) in [5, 5.41) is 2.73. The molecule has 7 heteroatoms. The van der Waals surface area contributed by atoms with Gasteiger partial charge in [0, 0.05) is 4.47 Å². The summed E-state index contributed by atoms with van der Waals surface area (Å²) in [4.78, 5) is 10.1. The molecule has 0 saturated carbocycles. The zero-order chi connectivity index (χ0) is 15.5. The lowest BCUT2D eigenvalue weighted by Crippen LogP contribution is -2.07. The van der Waals surface area contributed by atoms with Gasteiger partial charge in [0.15, 0.2) is 0 Å². The van der Waals surface area contributed by atoms with Crippen LogP contribution in [0, 0.1) is 4.91 Å². The second-order valence-corrected chi connectivity index (χ2v) is 5.09. The molecule has 0 aliphatic carbocycles. The molecule has 0 fully saturated rings. The first kappa shape index (κ1) is 15.5. The topological polar surface area (TPSA) is 38.7 Å². The van der Waals surface area contributed by atoms with Crippen molar-refractivity contribution in [3.05, 3.63) is 63.0 Å². The van der Waals surface area contributed by atoms with Crippen LogP contribution in [-0.2, 0) is 12.7 Å². The summed E-state index contributed by atoms with van der Waals surface area (Å²) in [6.07, 6.45) is -4.51. The van der Waals surface area contributed by atoms with Crippen LogP contribution < -0.4 is 4.74 Å². The molecule has 2 aromatic rings. The lowest BCUT2D eigenvalue weighted by atomic mass is 10.2. The van der Waals surface area contributed by atoms with Crippen LogP contribution in [0.1, 0.15) is 11.1 Å². The second-order valence-electron chi connectivity index (χ2n) is 4.17. The van der Waals surface area contributed by atoms with Crippen molar-refractivity contribution in [2.45, 2.75) is 12.7 Å². The Kier molecular flexibility index (Phi) is 4.62. The number of rotatable bonds is 4. The van der Waals surface area contributed by atoms with E-state index >= 15 is 0 Å². The van der Waals surface area contributed by atoms with E-state index in [4.69, 9.17) is 4.74 Å². The number of ether oxygens (including phenoxy) is 1. The van der Waals surface area contributed by atoms with Crippen molar-refractivity contribution in [3.63, 3.8) is 0 Å². The Hall–Kier alpha value is -1.89. The summed E-state index contributed by atoms with van der Waals surface area (Å²) in [6.45, 7) is 0.00631. The third kappa shape index (κ3) is 4.04. The summed E-state index contributed by atoms with van der Waals surface area (Å²) in [6, 6.07) is 9.79. The minimum atomic E-state index is -4.51. The maximum atomic E-state index is 12.9. The van der Waals surface area contributed by atoms with E-state index in [-0.39, 0.29) is 18.0 Å². The van der Waals surface area contributed by atoms with E-state index in [2.05, 4.69) is 21.1 Å². The van der Waals surface area contributed by atoms with Crippen LogP contribution in [-0.4, -0.2) is 0 Å². The van der Waals surface area contributed by atoms with Crippen LogP contribution in [0.15, 0.2) is 52.1 Å². The Morgan fingerprint density at radius 1 is 1.10 bits per heavy atom. The number of halogens is 4. The van der Waals surface area contributed by atoms with Crippen LogP contribution in [0.2, 0.25) is 0 Å². The minimum absolute atomic E-state index is 0.00631. The van der Waals surface area contributed by atoms with Gasteiger partial charge in [-0.25, -0.2) is 0 Å². The standard InChI is InChI=1S/C14H9BrF3NO2/c15-10-3-6-13(12(7-10)14(16,17)18)21-11-4-1-9(2-5-11)8-19-20/h1-7H,8H2. The molecule has 0 amide bonds. The quantitative estimate of drug-likeness (QED) is 0.673. The largest absolute Gasteiger partial charge is 0.457 e. The lowest BCUT2D eigenvalue weighted by Gasteiger charge is -2.14. The molecule has 0 radical (unpaired) electrons. The molecule has 2 aromatic carbocycles. The molecule has 0 bridgehead atoms. The van der Waals surface area contributed by atoms with Crippen molar-refractivity contribution in [3.8, 4) is 11.5 Å². The first-order valence-corrected chi connectivity index (χ1v) is 6.62. The first-order valence-electron chi connectivity index (χ1n) is 5.83. The predicted molar refractivity (Wildman–Crippen MR) is 75.2 cm³/mol. The Labute approximate surface area is 126 Å². The highest BCUT2D eigenvalue weighted by molar-refractivity contribution is 9.10. The van der Waals surface area contributed by atoms with Crippen molar-refractivity contribution in [2.24, 2.45) is 5.18 Å². The van der Waals surface area contributed by atoms with E-state index in [1.54, 1.807) is 12.1 Å².